The number of rotatable bonds is 1. The minimum Gasteiger partial charge on any atom is -0.383 e. The maximum absolute atomic E-state index is 12.0. The molecule has 0 aromatic carbocycles. The average Bonchev–Trinajstić information content (AvgIpc) is 2.03. The van der Waals surface area contributed by atoms with Gasteiger partial charge in [-0.3, -0.25) is 4.79 Å². The zero-order chi connectivity index (χ0) is 10.1. The van der Waals surface area contributed by atoms with Crippen molar-refractivity contribution in [2.45, 2.75) is 38.0 Å². The Kier molecular flexibility index (Phi) is 2.95. The van der Waals surface area contributed by atoms with Gasteiger partial charge in [0, 0.05) is 12.8 Å². The number of aliphatic hydroxyl groups is 1. The molecule has 5 heteroatoms. The smallest absolute Gasteiger partial charge is 0.383 e. The van der Waals surface area contributed by atoms with Crippen LogP contribution in [0.2, 0.25) is 0 Å². The largest absolute Gasteiger partial charge is 0.414 e. The summed E-state index contributed by atoms with van der Waals surface area (Å²) in [6, 6.07) is 0. The average molecular weight is 196 g/mol. The van der Waals surface area contributed by atoms with Gasteiger partial charge in [0.1, 0.15) is 5.78 Å². The standard InChI is InChI=1S/C8H11F3O2/c9-8(10,11)7(13)5-1-3-6(12)4-2-5/h5,7,13H,1-4H2. The molecule has 13 heavy (non-hydrogen) atoms. The molecule has 1 aliphatic rings. The summed E-state index contributed by atoms with van der Waals surface area (Å²) in [6.07, 6.45) is -6.18. The quantitative estimate of drug-likeness (QED) is 0.692. The van der Waals surface area contributed by atoms with Crippen molar-refractivity contribution in [3.63, 3.8) is 0 Å². The molecule has 0 saturated heterocycles. The summed E-state index contributed by atoms with van der Waals surface area (Å²) in [6.45, 7) is 0. The number of aliphatic hydroxyl groups excluding tert-OH is 1. The minimum absolute atomic E-state index is 0.00868. The number of hydrogen-bond acceptors (Lipinski definition) is 2. The van der Waals surface area contributed by atoms with Gasteiger partial charge in [-0.2, -0.15) is 13.2 Å². The van der Waals surface area contributed by atoms with Crippen molar-refractivity contribution >= 4 is 5.78 Å². The first-order valence-electron chi connectivity index (χ1n) is 4.17. The molecule has 0 aromatic heterocycles. The molecule has 0 bridgehead atoms. The molecule has 1 rings (SSSR count). The van der Waals surface area contributed by atoms with E-state index in [0.29, 0.717) is 0 Å². The van der Waals surface area contributed by atoms with Crippen LogP contribution in [0.5, 0.6) is 0 Å². The number of Topliss-reactive ketones (excluding diaryl/α,β-unsaturated/α-hetero) is 1. The van der Waals surface area contributed by atoms with Gasteiger partial charge >= 0.3 is 6.18 Å². The summed E-state index contributed by atoms with van der Waals surface area (Å²) < 4.78 is 36.0. The predicted molar refractivity (Wildman–Crippen MR) is 39.0 cm³/mol. The van der Waals surface area contributed by atoms with E-state index in [1.165, 1.54) is 0 Å². The second-order valence-electron chi connectivity index (χ2n) is 3.36. The third kappa shape index (κ3) is 2.69. The molecule has 1 saturated carbocycles. The van der Waals surface area contributed by atoms with E-state index >= 15 is 0 Å². The number of alkyl halides is 3. The molecule has 1 atom stereocenters. The van der Waals surface area contributed by atoms with E-state index in [1.54, 1.807) is 0 Å². The van der Waals surface area contributed by atoms with Gasteiger partial charge in [-0.05, 0) is 18.8 Å². The number of carbonyl (C=O) groups excluding carboxylic acids is 1. The lowest BCUT2D eigenvalue weighted by molar-refractivity contribution is -0.221. The van der Waals surface area contributed by atoms with Crippen LogP contribution in [0.1, 0.15) is 25.7 Å². The van der Waals surface area contributed by atoms with E-state index in [0.717, 1.165) is 0 Å². The Morgan fingerprint density at radius 1 is 1.31 bits per heavy atom. The van der Waals surface area contributed by atoms with Crippen LogP contribution < -0.4 is 0 Å². The fourth-order valence-corrected chi connectivity index (χ4v) is 1.55. The first-order chi connectivity index (χ1) is 5.91. The van der Waals surface area contributed by atoms with Gasteiger partial charge < -0.3 is 5.11 Å². The summed E-state index contributed by atoms with van der Waals surface area (Å²) in [5.41, 5.74) is 0. The monoisotopic (exact) mass is 196 g/mol. The molecule has 2 nitrogen and oxygen atoms in total. The maximum atomic E-state index is 12.0. The Hall–Kier alpha value is -0.580. The van der Waals surface area contributed by atoms with E-state index < -0.39 is 18.2 Å². The molecular weight excluding hydrogens is 185 g/mol. The fraction of sp³-hybridized carbons (Fsp3) is 0.875. The lowest BCUT2D eigenvalue weighted by Gasteiger charge is -2.27. The topological polar surface area (TPSA) is 37.3 Å². The predicted octanol–water partition coefficient (Wildman–Crippen LogP) is 1.67. The summed E-state index contributed by atoms with van der Waals surface area (Å²) in [4.78, 5) is 10.7. The molecule has 0 heterocycles. The van der Waals surface area contributed by atoms with E-state index in [1.807, 2.05) is 0 Å². The van der Waals surface area contributed by atoms with Gasteiger partial charge in [-0.1, -0.05) is 0 Å². The number of halogens is 3. The van der Waals surface area contributed by atoms with E-state index in [2.05, 4.69) is 0 Å². The van der Waals surface area contributed by atoms with Crippen molar-refractivity contribution in [1.82, 2.24) is 0 Å². The second-order valence-corrected chi connectivity index (χ2v) is 3.36. The molecule has 0 spiro atoms. The Bertz CT molecular complexity index is 190. The van der Waals surface area contributed by atoms with Crippen LogP contribution in [0.3, 0.4) is 0 Å². The highest BCUT2D eigenvalue weighted by Gasteiger charge is 2.44. The molecule has 1 N–H and O–H groups in total. The van der Waals surface area contributed by atoms with Gasteiger partial charge in [-0.25, -0.2) is 0 Å². The van der Waals surface area contributed by atoms with Crippen LogP contribution in [0, 0.1) is 5.92 Å². The van der Waals surface area contributed by atoms with Crippen LogP contribution in [0.4, 0.5) is 13.2 Å². The molecule has 0 aliphatic heterocycles. The van der Waals surface area contributed by atoms with Gasteiger partial charge in [0.25, 0.3) is 0 Å². The van der Waals surface area contributed by atoms with Crippen molar-refractivity contribution < 1.29 is 23.1 Å². The van der Waals surface area contributed by atoms with Crippen LogP contribution >= 0.6 is 0 Å². The first kappa shape index (κ1) is 10.5. The number of hydrogen-bond donors (Lipinski definition) is 1. The number of ketones is 1. The lowest BCUT2D eigenvalue weighted by atomic mass is 9.84. The molecule has 1 aliphatic carbocycles. The second kappa shape index (κ2) is 3.65. The highest BCUT2D eigenvalue weighted by atomic mass is 19.4. The van der Waals surface area contributed by atoms with Crippen molar-refractivity contribution in [3.05, 3.63) is 0 Å². The summed E-state index contributed by atoms with van der Waals surface area (Å²) in [5, 5.41) is 8.86. The number of carbonyl (C=O) groups is 1. The molecule has 0 radical (unpaired) electrons. The van der Waals surface area contributed by atoms with Crippen LogP contribution in [0.25, 0.3) is 0 Å². The molecule has 1 unspecified atom stereocenters. The van der Waals surface area contributed by atoms with E-state index in [4.69, 9.17) is 5.11 Å². The van der Waals surface area contributed by atoms with Crippen molar-refractivity contribution in [2.75, 3.05) is 0 Å². The van der Waals surface area contributed by atoms with Crippen LogP contribution in [-0.4, -0.2) is 23.2 Å². The van der Waals surface area contributed by atoms with Crippen molar-refractivity contribution in [3.8, 4) is 0 Å². The third-order valence-electron chi connectivity index (χ3n) is 2.37. The van der Waals surface area contributed by atoms with Crippen molar-refractivity contribution in [2.24, 2.45) is 5.92 Å². The van der Waals surface area contributed by atoms with E-state index in [-0.39, 0.29) is 31.5 Å². The van der Waals surface area contributed by atoms with Crippen LogP contribution in [-0.2, 0) is 4.79 Å². The summed E-state index contributed by atoms with van der Waals surface area (Å²) >= 11 is 0. The van der Waals surface area contributed by atoms with Gasteiger partial charge in [-0.15, -0.1) is 0 Å². The van der Waals surface area contributed by atoms with E-state index in [9.17, 15) is 18.0 Å². The van der Waals surface area contributed by atoms with Crippen molar-refractivity contribution in [1.29, 1.82) is 0 Å². The first-order valence-corrected chi connectivity index (χ1v) is 4.17. The highest BCUT2D eigenvalue weighted by molar-refractivity contribution is 5.79. The molecule has 0 aromatic rings. The molecule has 1 fully saturated rings. The Morgan fingerprint density at radius 2 is 1.77 bits per heavy atom. The van der Waals surface area contributed by atoms with Crippen LogP contribution in [0.15, 0.2) is 0 Å². The van der Waals surface area contributed by atoms with Gasteiger partial charge in [0.15, 0.2) is 6.10 Å². The molecule has 76 valence electrons. The summed E-state index contributed by atoms with van der Waals surface area (Å²) in [7, 11) is 0. The SMILES string of the molecule is O=C1CCC(C(O)C(F)(F)F)CC1. The van der Waals surface area contributed by atoms with Gasteiger partial charge in [0.2, 0.25) is 0 Å². The van der Waals surface area contributed by atoms with Gasteiger partial charge in [0.05, 0.1) is 0 Å². The zero-order valence-electron chi connectivity index (χ0n) is 6.97. The Balaban J connectivity index is 2.49. The lowest BCUT2D eigenvalue weighted by Crippen LogP contribution is -2.37. The molecular formula is C8H11F3O2. The Labute approximate surface area is 73.7 Å². The highest BCUT2D eigenvalue weighted by Crippen LogP contribution is 2.33. The summed E-state index contributed by atoms with van der Waals surface area (Å²) in [5.74, 6) is -0.802. The maximum Gasteiger partial charge on any atom is 0.414 e. The molecule has 0 amide bonds. The fourth-order valence-electron chi connectivity index (χ4n) is 1.55. The normalized spacial score (nSPS) is 23.2. The Morgan fingerprint density at radius 3 is 2.15 bits per heavy atom. The zero-order valence-corrected chi connectivity index (χ0v) is 6.97. The third-order valence-corrected chi connectivity index (χ3v) is 2.37. The minimum atomic E-state index is -4.55.